The lowest BCUT2D eigenvalue weighted by atomic mass is 9.89. The number of fused-ring (bicyclic) bond motifs is 1. The Hall–Kier alpha value is -2.87. The molecule has 2 aromatic rings. The zero-order chi connectivity index (χ0) is 20.1. The van der Waals surface area contributed by atoms with Crippen molar-refractivity contribution in [1.82, 2.24) is 14.7 Å². The number of nitrogens with zero attached hydrogens (tertiary/aromatic N) is 4. The summed E-state index contributed by atoms with van der Waals surface area (Å²) in [5.41, 5.74) is 4.46. The smallest absolute Gasteiger partial charge is 0.266 e. The normalized spacial score (nSPS) is 18.7. The topological polar surface area (TPSA) is 70.5 Å². The number of likely N-dealkylation sites (N-methyl/N-ethyl adjacent to an activating group) is 1. The van der Waals surface area contributed by atoms with Crippen LogP contribution in [0.25, 0.3) is 0 Å². The SMILES string of the molecule is Cc1csc(C(=O)Nc2cc3n(n2)CCN3C2=CC3=C(CC2)C(=O)N(C)CC3)c1. The Balaban J connectivity index is 1.37. The van der Waals surface area contributed by atoms with E-state index in [1.807, 2.05) is 41.1 Å². The van der Waals surface area contributed by atoms with Crippen LogP contribution in [0.4, 0.5) is 11.6 Å². The molecular formula is C21H23N5O2S. The van der Waals surface area contributed by atoms with Gasteiger partial charge < -0.3 is 15.1 Å². The average molecular weight is 410 g/mol. The first-order valence-corrected chi connectivity index (χ1v) is 10.8. The molecule has 4 heterocycles. The van der Waals surface area contributed by atoms with E-state index in [0.717, 1.165) is 55.9 Å². The third-order valence-electron chi connectivity index (χ3n) is 5.79. The standard InChI is InChI=1S/C21H23N5O2S/c1-13-9-17(29-12-13)20(27)22-18-11-19-25(7-8-26(19)23-18)15-3-4-16-14(10-15)5-6-24(2)21(16)28/h9-12H,3-8H2,1-2H3,(H,22,23,27). The molecule has 0 bridgehead atoms. The molecule has 0 radical (unpaired) electrons. The number of carbonyl (C=O) groups is 2. The Kier molecular flexibility index (Phi) is 4.31. The van der Waals surface area contributed by atoms with Crippen LogP contribution >= 0.6 is 11.3 Å². The highest BCUT2D eigenvalue weighted by Crippen LogP contribution is 2.36. The Morgan fingerprint density at radius 2 is 2.03 bits per heavy atom. The summed E-state index contributed by atoms with van der Waals surface area (Å²) < 4.78 is 1.94. The number of rotatable bonds is 3. The van der Waals surface area contributed by atoms with Crippen LogP contribution in [0.1, 0.15) is 34.5 Å². The molecular weight excluding hydrogens is 386 g/mol. The van der Waals surface area contributed by atoms with Gasteiger partial charge in [0.1, 0.15) is 5.82 Å². The molecule has 5 rings (SSSR count). The summed E-state index contributed by atoms with van der Waals surface area (Å²) in [7, 11) is 1.87. The highest BCUT2D eigenvalue weighted by atomic mass is 32.1. The third-order valence-corrected chi connectivity index (χ3v) is 6.84. The number of hydrogen-bond donors (Lipinski definition) is 1. The number of aryl methyl sites for hydroxylation is 1. The summed E-state index contributed by atoms with van der Waals surface area (Å²) in [5.74, 6) is 1.62. The van der Waals surface area contributed by atoms with Crippen molar-refractivity contribution in [3.05, 3.63) is 50.9 Å². The van der Waals surface area contributed by atoms with Gasteiger partial charge in [-0.15, -0.1) is 11.3 Å². The van der Waals surface area contributed by atoms with E-state index in [4.69, 9.17) is 0 Å². The van der Waals surface area contributed by atoms with Gasteiger partial charge in [-0.1, -0.05) is 0 Å². The van der Waals surface area contributed by atoms with Crippen LogP contribution in [0.3, 0.4) is 0 Å². The molecule has 2 aromatic heterocycles. The molecule has 1 N–H and O–H groups in total. The van der Waals surface area contributed by atoms with Crippen molar-refractivity contribution >= 4 is 34.8 Å². The van der Waals surface area contributed by atoms with E-state index in [1.165, 1.54) is 22.6 Å². The molecule has 29 heavy (non-hydrogen) atoms. The Morgan fingerprint density at radius 3 is 2.83 bits per heavy atom. The van der Waals surface area contributed by atoms with Gasteiger partial charge in [0, 0.05) is 37.5 Å². The molecule has 7 nitrogen and oxygen atoms in total. The second kappa shape index (κ2) is 6.88. The number of amides is 2. The second-order valence-electron chi connectivity index (χ2n) is 7.82. The van der Waals surface area contributed by atoms with E-state index in [-0.39, 0.29) is 11.8 Å². The maximum atomic E-state index is 12.4. The van der Waals surface area contributed by atoms with Crippen molar-refractivity contribution in [3.63, 3.8) is 0 Å². The van der Waals surface area contributed by atoms with E-state index >= 15 is 0 Å². The minimum Gasteiger partial charge on any atom is -0.342 e. The first kappa shape index (κ1) is 18.2. The fourth-order valence-corrected chi connectivity index (χ4v) is 5.05. The minimum absolute atomic E-state index is 0.122. The second-order valence-corrected chi connectivity index (χ2v) is 8.73. The molecule has 2 amide bonds. The lowest BCUT2D eigenvalue weighted by Crippen LogP contribution is -2.35. The first-order valence-electron chi connectivity index (χ1n) is 9.89. The van der Waals surface area contributed by atoms with Crippen LogP contribution < -0.4 is 10.2 Å². The van der Waals surface area contributed by atoms with Crippen molar-refractivity contribution in [2.75, 3.05) is 30.4 Å². The summed E-state index contributed by atoms with van der Waals surface area (Å²) in [6, 6.07) is 3.83. The molecule has 0 unspecified atom stereocenters. The fourth-order valence-electron chi connectivity index (χ4n) is 4.25. The molecule has 0 atom stereocenters. The van der Waals surface area contributed by atoms with Crippen LogP contribution in [0, 0.1) is 6.92 Å². The molecule has 0 saturated heterocycles. The predicted molar refractivity (Wildman–Crippen MR) is 113 cm³/mol. The molecule has 8 heteroatoms. The largest absolute Gasteiger partial charge is 0.342 e. The van der Waals surface area contributed by atoms with E-state index in [2.05, 4.69) is 21.4 Å². The monoisotopic (exact) mass is 409 g/mol. The van der Waals surface area contributed by atoms with Crippen LogP contribution in [0.2, 0.25) is 0 Å². The third kappa shape index (κ3) is 3.17. The number of allylic oxidation sites excluding steroid dienone is 2. The van der Waals surface area contributed by atoms with Gasteiger partial charge in [0.2, 0.25) is 5.91 Å². The van der Waals surface area contributed by atoms with E-state index in [0.29, 0.717) is 10.7 Å². The first-order chi connectivity index (χ1) is 14.0. The molecule has 0 fully saturated rings. The molecule has 0 aromatic carbocycles. The lowest BCUT2D eigenvalue weighted by molar-refractivity contribution is -0.126. The van der Waals surface area contributed by atoms with Gasteiger partial charge >= 0.3 is 0 Å². The summed E-state index contributed by atoms with van der Waals surface area (Å²) in [6.07, 6.45) is 4.74. The maximum Gasteiger partial charge on any atom is 0.266 e. The van der Waals surface area contributed by atoms with Crippen LogP contribution in [0.5, 0.6) is 0 Å². The Morgan fingerprint density at radius 1 is 1.17 bits per heavy atom. The Bertz CT molecular complexity index is 1080. The molecule has 150 valence electrons. The van der Waals surface area contributed by atoms with Gasteiger partial charge in [0.05, 0.1) is 11.4 Å². The van der Waals surface area contributed by atoms with Crippen LogP contribution in [-0.2, 0) is 11.3 Å². The van der Waals surface area contributed by atoms with E-state index in [9.17, 15) is 9.59 Å². The zero-order valence-corrected chi connectivity index (χ0v) is 17.4. The molecule has 0 saturated carbocycles. The highest BCUT2D eigenvalue weighted by molar-refractivity contribution is 7.12. The zero-order valence-electron chi connectivity index (χ0n) is 16.6. The number of aromatic nitrogens is 2. The lowest BCUT2D eigenvalue weighted by Gasteiger charge is -2.31. The van der Waals surface area contributed by atoms with E-state index < -0.39 is 0 Å². The number of anilines is 2. The summed E-state index contributed by atoms with van der Waals surface area (Å²) in [4.78, 5) is 29.6. The molecule has 1 aliphatic carbocycles. The molecule has 2 aliphatic heterocycles. The van der Waals surface area contributed by atoms with Gasteiger partial charge in [-0.25, -0.2) is 4.68 Å². The van der Waals surface area contributed by atoms with Gasteiger partial charge in [-0.2, -0.15) is 5.10 Å². The van der Waals surface area contributed by atoms with Gasteiger partial charge in [-0.3, -0.25) is 9.59 Å². The average Bonchev–Trinajstić information content (AvgIpc) is 3.40. The van der Waals surface area contributed by atoms with Crippen LogP contribution in [0.15, 0.2) is 40.4 Å². The van der Waals surface area contributed by atoms with Crippen molar-refractivity contribution in [3.8, 4) is 0 Å². The Labute approximate surface area is 173 Å². The molecule has 3 aliphatic rings. The minimum atomic E-state index is -0.122. The van der Waals surface area contributed by atoms with Crippen molar-refractivity contribution in [2.24, 2.45) is 0 Å². The van der Waals surface area contributed by atoms with Gasteiger partial charge in [0.15, 0.2) is 5.82 Å². The van der Waals surface area contributed by atoms with Gasteiger partial charge in [0.25, 0.3) is 5.91 Å². The van der Waals surface area contributed by atoms with Gasteiger partial charge in [-0.05, 0) is 54.8 Å². The quantitative estimate of drug-likeness (QED) is 0.845. The number of hydrogen-bond acceptors (Lipinski definition) is 5. The summed E-state index contributed by atoms with van der Waals surface area (Å²) in [6.45, 7) is 4.40. The summed E-state index contributed by atoms with van der Waals surface area (Å²) >= 11 is 1.44. The fraction of sp³-hybridized carbons (Fsp3) is 0.381. The number of nitrogens with one attached hydrogen (secondary N) is 1. The number of thiophene rings is 1. The maximum absolute atomic E-state index is 12.4. The summed E-state index contributed by atoms with van der Waals surface area (Å²) in [5, 5.41) is 9.44. The number of carbonyl (C=O) groups excluding carboxylic acids is 2. The van der Waals surface area contributed by atoms with Crippen LogP contribution in [-0.4, -0.2) is 46.6 Å². The van der Waals surface area contributed by atoms with Crippen molar-refractivity contribution < 1.29 is 9.59 Å². The van der Waals surface area contributed by atoms with Crippen molar-refractivity contribution in [2.45, 2.75) is 32.7 Å². The van der Waals surface area contributed by atoms with Crippen molar-refractivity contribution in [1.29, 1.82) is 0 Å². The molecule has 0 spiro atoms. The highest BCUT2D eigenvalue weighted by Gasteiger charge is 2.31. The predicted octanol–water partition coefficient (Wildman–Crippen LogP) is 3.16. The van der Waals surface area contributed by atoms with E-state index in [1.54, 1.807) is 0 Å².